The van der Waals surface area contributed by atoms with Crippen LogP contribution < -0.4 is 0 Å². The van der Waals surface area contributed by atoms with E-state index in [4.69, 9.17) is 10.2 Å². The van der Waals surface area contributed by atoms with Crippen LogP contribution in [0.5, 0.6) is 0 Å². The summed E-state index contributed by atoms with van der Waals surface area (Å²) in [5.41, 5.74) is 0. The third kappa shape index (κ3) is 33.1. The lowest BCUT2D eigenvalue weighted by atomic mass is 9.90. The number of aliphatic carboxylic acids is 2. The normalized spacial score (nSPS) is 12.1. The summed E-state index contributed by atoms with van der Waals surface area (Å²) in [6.45, 7) is 2.28. The second-order valence-electron chi connectivity index (χ2n) is 12.7. The Labute approximate surface area is 249 Å². The van der Waals surface area contributed by atoms with Gasteiger partial charge in [0.2, 0.25) is 0 Å². The number of carboxylic acid groups (broad SMARTS) is 2. The van der Waals surface area contributed by atoms with Crippen molar-refractivity contribution in [2.45, 2.75) is 212 Å². The summed E-state index contributed by atoms with van der Waals surface area (Å²) in [6, 6.07) is 0. The van der Waals surface area contributed by atoms with Gasteiger partial charge in [0.15, 0.2) is 0 Å². The molecule has 0 saturated carbocycles. The molecule has 0 amide bonds. The van der Waals surface area contributed by atoms with Crippen LogP contribution in [0.25, 0.3) is 0 Å². The molecule has 0 radical (unpaired) electrons. The fourth-order valence-electron chi connectivity index (χ4n) is 6.08. The van der Waals surface area contributed by atoms with E-state index in [-0.39, 0.29) is 0 Å². The molecular formula is C36H70O4. The molecule has 4 nitrogen and oxygen atoms in total. The fourth-order valence-corrected chi connectivity index (χ4v) is 6.08. The van der Waals surface area contributed by atoms with E-state index in [1.165, 1.54) is 167 Å². The van der Waals surface area contributed by atoms with Crippen molar-refractivity contribution in [3.8, 4) is 0 Å². The van der Waals surface area contributed by atoms with Gasteiger partial charge in [-0.25, -0.2) is 0 Å². The third-order valence-corrected chi connectivity index (χ3v) is 8.72. The van der Waals surface area contributed by atoms with Gasteiger partial charge >= 0.3 is 11.9 Å². The Morgan fingerprint density at radius 3 is 0.950 bits per heavy atom. The Bertz CT molecular complexity index is 533. The van der Waals surface area contributed by atoms with Gasteiger partial charge in [0.05, 0.1) is 0 Å². The number of hydrogen-bond acceptors (Lipinski definition) is 2. The average molecular weight is 567 g/mol. The topological polar surface area (TPSA) is 74.6 Å². The van der Waals surface area contributed by atoms with E-state index in [0.717, 1.165) is 31.6 Å². The smallest absolute Gasteiger partial charge is 0.303 e. The summed E-state index contributed by atoms with van der Waals surface area (Å²) < 4.78 is 0. The predicted octanol–water partition coefficient (Wildman–Crippen LogP) is 12.3. The van der Waals surface area contributed by atoms with Crippen LogP contribution in [-0.4, -0.2) is 22.2 Å². The molecule has 0 aromatic carbocycles. The van der Waals surface area contributed by atoms with Gasteiger partial charge in [-0.05, 0) is 25.2 Å². The van der Waals surface area contributed by atoms with Crippen LogP contribution in [0, 0.1) is 5.92 Å². The molecule has 0 aromatic heterocycles. The molecule has 2 N–H and O–H groups in total. The molecule has 238 valence electrons. The molecule has 0 aliphatic rings. The summed E-state index contributed by atoms with van der Waals surface area (Å²) in [4.78, 5) is 21.5. The molecule has 0 spiro atoms. The fraction of sp³-hybridized carbons (Fsp3) is 0.944. The molecule has 0 fully saturated rings. The minimum Gasteiger partial charge on any atom is -0.481 e. The van der Waals surface area contributed by atoms with E-state index in [0.29, 0.717) is 12.8 Å². The lowest BCUT2D eigenvalue weighted by molar-refractivity contribution is -0.138. The maximum atomic E-state index is 11.0. The summed E-state index contributed by atoms with van der Waals surface area (Å²) in [5, 5.41) is 17.7. The monoisotopic (exact) mass is 567 g/mol. The van der Waals surface area contributed by atoms with Crippen molar-refractivity contribution in [1.82, 2.24) is 0 Å². The van der Waals surface area contributed by atoms with E-state index in [9.17, 15) is 9.59 Å². The number of unbranched alkanes of at least 4 members (excludes halogenated alkanes) is 24. The Kier molecular flexibility index (Phi) is 31.6. The Morgan fingerprint density at radius 1 is 0.375 bits per heavy atom. The van der Waals surface area contributed by atoms with Crippen LogP contribution in [0.2, 0.25) is 0 Å². The molecule has 40 heavy (non-hydrogen) atoms. The van der Waals surface area contributed by atoms with Crippen LogP contribution in [0.4, 0.5) is 0 Å². The zero-order valence-electron chi connectivity index (χ0n) is 26.9. The lowest BCUT2D eigenvalue weighted by Gasteiger charge is -2.16. The summed E-state index contributed by atoms with van der Waals surface area (Å²) in [6.07, 6.45) is 39.8. The number of carboxylic acids is 2. The van der Waals surface area contributed by atoms with Crippen molar-refractivity contribution >= 4 is 11.9 Å². The van der Waals surface area contributed by atoms with Crippen LogP contribution in [0.3, 0.4) is 0 Å². The molecule has 1 atom stereocenters. The minimum atomic E-state index is -0.663. The highest BCUT2D eigenvalue weighted by molar-refractivity contribution is 5.66. The van der Waals surface area contributed by atoms with Gasteiger partial charge in [-0.1, -0.05) is 180 Å². The van der Waals surface area contributed by atoms with Gasteiger partial charge in [0.25, 0.3) is 0 Å². The van der Waals surface area contributed by atoms with Gasteiger partial charge in [-0.15, -0.1) is 0 Å². The Morgan fingerprint density at radius 2 is 0.625 bits per heavy atom. The zero-order chi connectivity index (χ0) is 29.4. The van der Waals surface area contributed by atoms with E-state index in [1.54, 1.807) is 0 Å². The van der Waals surface area contributed by atoms with E-state index in [2.05, 4.69) is 6.92 Å². The van der Waals surface area contributed by atoms with Crippen molar-refractivity contribution in [1.29, 1.82) is 0 Å². The molecule has 1 unspecified atom stereocenters. The van der Waals surface area contributed by atoms with Crippen molar-refractivity contribution < 1.29 is 19.8 Å². The van der Waals surface area contributed by atoms with E-state index >= 15 is 0 Å². The van der Waals surface area contributed by atoms with Crippen molar-refractivity contribution in [3.63, 3.8) is 0 Å². The SMILES string of the molecule is CCCCCCCCCCCCCC(CCCCCCCCCCCCCCCCCC(=O)O)CCCC(=O)O. The lowest BCUT2D eigenvalue weighted by Crippen LogP contribution is -2.03. The molecule has 0 aliphatic carbocycles. The quantitative estimate of drug-likeness (QED) is 0.0759. The standard InChI is InChI=1S/C36H70O4/c1-2-3-4-5-6-7-13-16-19-22-25-29-34(31-28-33-36(39)40)30-26-23-20-17-14-11-9-8-10-12-15-18-21-24-27-32-35(37)38/h34H,2-33H2,1H3,(H,37,38)(H,39,40). The van der Waals surface area contributed by atoms with Gasteiger partial charge in [0, 0.05) is 12.8 Å². The van der Waals surface area contributed by atoms with Gasteiger partial charge < -0.3 is 10.2 Å². The van der Waals surface area contributed by atoms with Crippen molar-refractivity contribution in [2.75, 3.05) is 0 Å². The first-order valence-corrected chi connectivity index (χ1v) is 18.0. The van der Waals surface area contributed by atoms with Crippen LogP contribution in [0.15, 0.2) is 0 Å². The molecule has 0 aromatic rings. The molecule has 0 aliphatic heterocycles. The molecule has 0 heterocycles. The first-order valence-electron chi connectivity index (χ1n) is 18.0. The number of hydrogen-bond donors (Lipinski definition) is 2. The van der Waals surface area contributed by atoms with Gasteiger partial charge in [-0.3, -0.25) is 9.59 Å². The highest BCUT2D eigenvalue weighted by atomic mass is 16.4. The minimum absolute atomic E-state index is 0.328. The summed E-state index contributed by atoms with van der Waals surface area (Å²) in [7, 11) is 0. The highest BCUT2D eigenvalue weighted by Crippen LogP contribution is 2.24. The third-order valence-electron chi connectivity index (χ3n) is 8.72. The summed E-state index contributed by atoms with van der Waals surface area (Å²) in [5.74, 6) is -0.565. The van der Waals surface area contributed by atoms with Crippen molar-refractivity contribution in [2.24, 2.45) is 5.92 Å². The zero-order valence-corrected chi connectivity index (χ0v) is 26.9. The predicted molar refractivity (Wildman–Crippen MR) is 172 cm³/mol. The van der Waals surface area contributed by atoms with E-state index < -0.39 is 11.9 Å². The van der Waals surface area contributed by atoms with Crippen LogP contribution in [-0.2, 0) is 9.59 Å². The Balaban J connectivity index is 3.62. The first kappa shape index (κ1) is 38.9. The average Bonchev–Trinajstić information content (AvgIpc) is 2.92. The highest BCUT2D eigenvalue weighted by Gasteiger charge is 2.10. The number of carbonyl (C=O) groups is 2. The second kappa shape index (κ2) is 32.5. The second-order valence-corrected chi connectivity index (χ2v) is 12.7. The van der Waals surface area contributed by atoms with Crippen LogP contribution in [0.1, 0.15) is 212 Å². The van der Waals surface area contributed by atoms with Crippen LogP contribution >= 0.6 is 0 Å². The maximum Gasteiger partial charge on any atom is 0.303 e. The van der Waals surface area contributed by atoms with Crippen molar-refractivity contribution in [3.05, 3.63) is 0 Å². The molecule has 4 heteroatoms. The van der Waals surface area contributed by atoms with E-state index in [1.807, 2.05) is 0 Å². The maximum absolute atomic E-state index is 11.0. The molecule has 0 rings (SSSR count). The Hall–Kier alpha value is -1.06. The first-order chi connectivity index (χ1) is 19.6. The van der Waals surface area contributed by atoms with Gasteiger partial charge in [-0.2, -0.15) is 0 Å². The summed E-state index contributed by atoms with van der Waals surface area (Å²) >= 11 is 0. The number of rotatable bonds is 34. The van der Waals surface area contributed by atoms with Gasteiger partial charge in [0.1, 0.15) is 0 Å². The molecular weight excluding hydrogens is 496 g/mol. The molecule has 0 saturated heterocycles. The largest absolute Gasteiger partial charge is 0.481 e. The molecule has 0 bridgehead atoms.